The maximum Gasteiger partial charge on any atom is 0.251 e. The fourth-order valence-corrected chi connectivity index (χ4v) is 1.99. The number of nitrogens with one attached hydrogen (secondary N) is 2. The third-order valence-electron chi connectivity index (χ3n) is 2.93. The minimum atomic E-state index is -0.164. The van der Waals surface area contributed by atoms with Gasteiger partial charge in [0, 0.05) is 12.6 Å². The first-order chi connectivity index (χ1) is 9.51. The Kier molecular flexibility index (Phi) is 4.15. The number of benzene rings is 2. The van der Waals surface area contributed by atoms with Crippen LogP contribution >= 0.6 is 11.6 Å². The Bertz CT molecular complexity index is 656. The largest absolute Gasteiger partial charge is 0.397 e. The number of anilines is 3. The summed E-state index contributed by atoms with van der Waals surface area (Å²) in [5.41, 5.74) is 9.51. The molecule has 1 amide bonds. The number of nitrogens with two attached hydrogens (primary N) is 1. The van der Waals surface area contributed by atoms with E-state index in [-0.39, 0.29) is 5.91 Å². The molecule has 104 valence electrons. The van der Waals surface area contributed by atoms with E-state index < -0.39 is 0 Å². The van der Waals surface area contributed by atoms with Gasteiger partial charge >= 0.3 is 0 Å². The molecule has 4 nitrogen and oxygen atoms in total. The van der Waals surface area contributed by atoms with E-state index >= 15 is 0 Å². The summed E-state index contributed by atoms with van der Waals surface area (Å²) in [6.45, 7) is 1.98. The van der Waals surface area contributed by atoms with E-state index in [0.29, 0.717) is 22.0 Å². The van der Waals surface area contributed by atoms with Crippen molar-refractivity contribution in [3.8, 4) is 0 Å². The zero-order chi connectivity index (χ0) is 14.7. The summed E-state index contributed by atoms with van der Waals surface area (Å²) in [6.07, 6.45) is 0. The lowest BCUT2D eigenvalue weighted by Crippen LogP contribution is -2.18. The van der Waals surface area contributed by atoms with E-state index in [4.69, 9.17) is 17.3 Å². The number of hydrogen-bond acceptors (Lipinski definition) is 3. The molecule has 0 aliphatic carbocycles. The Hall–Kier alpha value is -2.20. The number of nitrogen functional groups attached to an aromatic ring is 1. The SMILES string of the molecule is CNC(=O)c1ccc(N)c(Nc2cc(C)ccc2Cl)c1. The van der Waals surface area contributed by atoms with Crippen LogP contribution in [0.25, 0.3) is 0 Å². The molecular weight excluding hydrogens is 274 g/mol. The molecule has 0 spiro atoms. The number of carbonyl (C=O) groups excluding carboxylic acids is 1. The Morgan fingerprint density at radius 1 is 1.15 bits per heavy atom. The summed E-state index contributed by atoms with van der Waals surface area (Å²) in [4.78, 5) is 11.6. The molecule has 2 aromatic rings. The third-order valence-corrected chi connectivity index (χ3v) is 3.26. The highest BCUT2D eigenvalue weighted by molar-refractivity contribution is 6.33. The van der Waals surface area contributed by atoms with Crippen LogP contribution in [0, 0.1) is 6.92 Å². The van der Waals surface area contributed by atoms with Crippen molar-refractivity contribution in [1.29, 1.82) is 0 Å². The van der Waals surface area contributed by atoms with Gasteiger partial charge < -0.3 is 16.4 Å². The number of hydrogen-bond donors (Lipinski definition) is 3. The van der Waals surface area contributed by atoms with Crippen molar-refractivity contribution in [2.45, 2.75) is 6.92 Å². The minimum absolute atomic E-state index is 0.164. The molecule has 2 rings (SSSR count). The lowest BCUT2D eigenvalue weighted by molar-refractivity contribution is 0.0963. The van der Waals surface area contributed by atoms with E-state index in [1.807, 2.05) is 25.1 Å². The highest BCUT2D eigenvalue weighted by atomic mass is 35.5. The fraction of sp³-hybridized carbons (Fsp3) is 0.133. The quantitative estimate of drug-likeness (QED) is 0.759. The summed E-state index contributed by atoms with van der Waals surface area (Å²) < 4.78 is 0. The molecule has 0 fully saturated rings. The number of carbonyl (C=O) groups is 1. The van der Waals surface area contributed by atoms with E-state index in [1.54, 1.807) is 25.2 Å². The standard InChI is InChI=1S/C15H16ClN3O/c1-9-3-5-11(16)13(7-9)19-14-8-10(15(20)18-2)4-6-12(14)17/h3-8,19H,17H2,1-2H3,(H,18,20). The Balaban J connectivity index is 2.37. The molecule has 4 N–H and O–H groups in total. The minimum Gasteiger partial charge on any atom is -0.397 e. The second kappa shape index (κ2) is 5.84. The van der Waals surface area contributed by atoms with Crippen LogP contribution in [0.5, 0.6) is 0 Å². The van der Waals surface area contributed by atoms with Gasteiger partial charge in [0.2, 0.25) is 0 Å². The summed E-state index contributed by atoms with van der Waals surface area (Å²) in [6, 6.07) is 10.7. The molecule has 0 saturated carbocycles. The highest BCUT2D eigenvalue weighted by Gasteiger charge is 2.08. The van der Waals surface area contributed by atoms with Gasteiger partial charge in [0.05, 0.1) is 22.1 Å². The lowest BCUT2D eigenvalue weighted by Gasteiger charge is -2.13. The van der Waals surface area contributed by atoms with Gasteiger partial charge in [-0.3, -0.25) is 4.79 Å². The number of aryl methyl sites for hydroxylation is 1. The van der Waals surface area contributed by atoms with Crippen LogP contribution < -0.4 is 16.4 Å². The van der Waals surface area contributed by atoms with Crippen LogP contribution in [0.15, 0.2) is 36.4 Å². The van der Waals surface area contributed by atoms with Crippen LogP contribution in [-0.4, -0.2) is 13.0 Å². The molecule has 0 aliphatic rings. The molecule has 0 bridgehead atoms. The van der Waals surface area contributed by atoms with Gasteiger partial charge in [-0.15, -0.1) is 0 Å². The Morgan fingerprint density at radius 3 is 2.60 bits per heavy atom. The van der Waals surface area contributed by atoms with Gasteiger partial charge in [0.1, 0.15) is 0 Å². The number of halogens is 1. The molecule has 5 heteroatoms. The van der Waals surface area contributed by atoms with Crippen molar-refractivity contribution in [3.05, 3.63) is 52.5 Å². The smallest absolute Gasteiger partial charge is 0.251 e. The van der Waals surface area contributed by atoms with Crippen LogP contribution in [0.1, 0.15) is 15.9 Å². The summed E-state index contributed by atoms with van der Waals surface area (Å²) in [5.74, 6) is -0.164. The molecule has 0 heterocycles. The average Bonchev–Trinajstić information content (AvgIpc) is 2.44. The van der Waals surface area contributed by atoms with Crippen LogP contribution in [0.2, 0.25) is 5.02 Å². The van der Waals surface area contributed by atoms with Crippen molar-refractivity contribution in [2.24, 2.45) is 0 Å². The zero-order valence-electron chi connectivity index (χ0n) is 11.3. The first-order valence-electron chi connectivity index (χ1n) is 6.16. The van der Waals surface area contributed by atoms with E-state index in [1.165, 1.54) is 0 Å². The first-order valence-corrected chi connectivity index (χ1v) is 6.54. The lowest BCUT2D eigenvalue weighted by atomic mass is 10.1. The molecule has 2 aromatic carbocycles. The van der Waals surface area contributed by atoms with Crippen LogP contribution in [0.4, 0.5) is 17.1 Å². The predicted octanol–water partition coefficient (Wildman–Crippen LogP) is 3.33. The molecule has 20 heavy (non-hydrogen) atoms. The highest BCUT2D eigenvalue weighted by Crippen LogP contribution is 2.29. The van der Waals surface area contributed by atoms with Crippen LogP contribution in [0.3, 0.4) is 0 Å². The summed E-state index contributed by atoms with van der Waals surface area (Å²) >= 11 is 6.15. The molecule has 0 aliphatic heterocycles. The van der Waals surface area contributed by atoms with Crippen molar-refractivity contribution < 1.29 is 4.79 Å². The second-order valence-electron chi connectivity index (χ2n) is 4.49. The summed E-state index contributed by atoms with van der Waals surface area (Å²) in [5, 5.41) is 6.34. The van der Waals surface area contributed by atoms with E-state index in [2.05, 4.69) is 10.6 Å². The normalized spacial score (nSPS) is 10.2. The Labute approximate surface area is 122 Å². The molecule has 0 aromatic heterocycles. The van der Waals surface area contributed by atoms with Gasteiger partial charge in [0.25, 0.3) is 5.91 Å². The van der Waals surface area contributed by atoms with Crippen LogP contribution in [-0.2, 0) is 0 Å². The molecule has 0 atom stereocenters. The van der Waals surface area contributed by atoms with Gasteiger partial charge in [-0.1, -0.05) is 17.7 Å². The Morgan fingerprint density at radius 2 is 1.90 bits per heavy atom. The van der Waals surface area contributed by atoms with Crippen molar-refractivity contribution in [2.75, 3.05) is 18.1 Å². The fourth-order valence-electron chi connectivity index (χ4n) is 1.83. The van der Waals surface area contributed by atoms with Crippen molar-refractivity contribution in [3.63, 3.8) is 0 Å². The van der Waals surface area contributed by atoms with Gasteiger partial charge in [-0.2, -0.15) is 0 Å². The molecule has 0 unspecified atom stereocenters. The monoisotopic (exact) mass is 289 g/mol. The van der Waals surface area contributed by atoms with E-state index in [9.17, 15) is 4.79 Å². The average molecular weight is 290 g/mol. The molecular formula is C15H16ClN3O. The van der Waals surface area contributed by atoms with E-state index in [0.717, 1.165) is 11.3 Å². The second-order valence-corrected chi connectivity index (χ2v) is 4.90. The molecule has 0 saturated heterocycles. The number of rotatable bonds is 3. The zero-order valence-corrected chi connectivity index (χ0v) is 12.1. The third kappa shape index (κ3) is 3.03. The van der Waals surface area contributed by atoms with Crippen molar-refractivity contribution in [1.82, 2.24) is 5.32 Å². The molecule has 0 radical (unpaired) electrons. The maximum absolute atomic E-state index is 11.6. The predicted molar refractivity (Wildman–Crippen MR) is 83.7 cm³/mol. The van der Waals surface area contributed by atoms with Crippen molar-refractivity contribution >= 4 is 34.6 Å². The topological polar surface area (TPSA) is 67.2 Å². The van der Waals surface area contributed by atoms with Gasteiger partial charge in [0.15, 0.2) is 0 Å². The number of amides is 1. The van der Waals surface area contributed by atoms with Gasteiger partial charge in [-0.25, -0.2) is 0 Å². The van der Waals surface area contributed by atoms with Gasteiger partial charge in [-0.05, 0) is 42.8 Å². The maximum atomic E-state index is 11.6. The summed E-state index contributed by atoms with van der Waals surface area (Å²) in [7, 11) is 1.59. The first kappa shape index (κ1) is 14.2.